The van der Waals surface area contributed by atoms with Crippen molar-refractivity contribution in [3.8, 4) is 0 Å². The predicted octanol–water partition coefficient (Wildman–Crippen LogP) is 3.37. The van der Waals surface area contributed by atoms with E-state index < -0.39 is 0 Å². The summed E-state index contributed by atoms with van der Waals surface area (Å²) in [6.07, 6.45) is 7.15. The molecule has 1 aromatic rings. The van der Waals surface area contributed by atoms with Crippen molar-refractivity contribution in [2.75, 3.05) is 6.54 Å². The highest BCUT2D eigenvalue weighted by molar-refractivity contribution is 5.73. The summed E-state index contributed by atoms with van der Waals surface area (Å²) < 4.78 is 5.86. The van der Waals surface area contributed by atoms with E-state index in [1.54, 1.807) is 0 Å². The quantitative estimate of drug-likeness (QED) is 0.867. The van der Waals surface area contributed by atoms with Crippen molar-refractivity contribution in [3.05, 3.63) is 35.4 Å². The number of rotatable bonds is 3. The molecule has 0 heterocycles. The Morgan fingerprint density at radius 3 is 2.67 bits per heavy atom. The average molecular weight is 287 g/mol. The largest absolute Gasteiger partial charge is 0.457 e. The third-order valence-corrected chi connectivity index (χ3v) is 5.09. The monoisotopic (exact) mass is 287 g/mol. The molecule has 0 spiro atoms. The minimum absolute atomic E-state index is 0.00664. The van der Waals surface area contributed by atoms with Gasteiger partial charge in [0.1, 0.15) is 6.10 Å². The van der Waals surface area contributed by atoms with Gasteiger partial charge in [0, 0.05) is 0 Å². The molecule has 0 aliphatic heterocycles. The van der Waals surface area contributed by atoms with Gasteiger partial charge in [0.05, 0.1) is 5.92 Å². The van der Waals surface area contributed by atoms with Crippen LogP contribution in [0, 0.1) is 11.8 Å². The highest BCUT2D eigenvalue weighted by atomic mass is 16.5. The molecule has 3 heteroatoms. The fraction of sp³-hybridized carbons (Fsp3) is 0.611. The van der Waals surface area contributed by atoms with Crippen LogP contribution in [0.1, 0.15) is 55.8 Å². The molecule has 21 heavy (non-hydrogen) atoms. The second-order valence-corrected chi connectivity index (χ2v) is 6.47. The Balaban J connectivity index is 1.61. The van der Waals surface area contributed by atoms with Gasteiger partial charge >= 0.3 is 5.97 Å². The standard InChI is InChI=1S/C18H25NO2/c19-12-13-8-10-15(11-9-13)18(20)21-17-7-3-5-14-4-1-2-6-16(14)17/h1-2,4,6,13,15,17H,3,5,7-12,19H2. The Labute approximate surface area is 126 Å². The van der Waals surface area contributed by atoms with Crippen molar-refractivity contribution in [1.29, 1.82) is 0 Å². The van der Waals surface area contributed by atoms with Crippen LogP contribution in [0.4, 0.5) is 0 Å². The number of hydrogen-bond acceptors (Lipinski definition) is 3. The Bertz CT molecular complexity index is 492. The summed E-state index contributed by atoms with van der Waals surface area (Å²) in [6.45, 7) is 0.748. The number of fused-ring (bicyclic) bond motifs is 1. The lowest BCUT2D eigenvalue weighted by Gasteiger charge is -2.30. The molecule has 0 bridgehead atoms. The molecule has 1 aromatic carbocycles. The van der Waals surface area contributed by atoms with Crippen LogP contribution >= 0.6 is 0 Å². The van der Waals surface area contributed by atoms with E-state index in [0.29, 0.717) is 5.92 Å². The third-order valence-electron chi connectivity index (χ3n) is 5.09. The van der Waals surface area contributed by atoms with Crippen LogP contribution < -0.4 is 5.73 Å². The normalized spacial score (nSPS) is 28.7. The van der Waals surface area contributed by atoms with Crippen molar-refractivity contribution >= 4 is 5.97 Å². The molecular weight excluding hydrogens is 262 g/mol. The van der Waals surface area contributed by atoms with E-state index in [2.05, 4.69) is 18.2 Å². The molecule has 0 amide bonds. The van der Waals surface area contributed by atoms with Gasteiger partial charge in [-0.3, -0.25) is 4.79 Å². The Kier molecular flexibility index (Phi) is 4.59. The number of esters is 1. The van der Waals surface area contributed by atoms with Crippen LogP contribution in [0.5, 0.6) is 0 Å². The number of ether oxygens (including phenoxy) is 1. The number of hydrogen-bond donors (Lipinski definition) is 1. The van der Waals surface area contributed by atoms with Crippen molar-refractivity contribution in [2.45, 2.75) is 51.0 Å². The van der Waals surface area contributed by atoms with E-state index in [9.17, 15) is 4.79 Å². The van der Waals surface area contributed by atoms with Crippen LogP contribution in [0.3, 0.4) is 0 Å². The summed E-state index contributed by atoms with van der Waals surface area (Å²) in [4.78, 5) is 12.4. The van der Waals surface area contributed by atoms with E-state index in [4.69, 9.17) is 10.5 Å². The van der Waals surface area contributed by atoms with E-state index in [1.807, 2.05) is 6.07 Å². The summed E-state index contributed by atoms with van der Waals surface area (Å²) in [5, 5.41) is 0. The molecule has 2 aliphatic rings. The number of carbonyl (C=O) groups is 1. The van der Waals surface area contributed by atoms with Crippen LogP contribution in [0.15, 0.2) is 24.3 Å². The van der Waals surface area contributed by atoms with Crippen molar-refractivity contribution in [1.82, 2.24) is 0 Å². The second-order valence-electron chi connectivity index (χ2n) is 6.47. The third kappa shape index (κ3) is 3.29. The van der Waals surface area contributed by atoms with Gasteiger partial charge in [0.15, 0.2) is 0 Å². The maximum Gasteiger partial charge on any atom is 0.309 e. The molecule has 1 unspecified atom stereocenters. The molecule has 2 N–H and O–H groups in total. The van der Waals surface area contributed by atoms with Gasteiger partial charge in [0.25, 0.3) is 0 Å². The molecule has 2 aliphatic carbocycles. The van der Waals surface area contributed by atoms with E-state index in [0.717, 1.165) is 51.5 Å². The van der Waals surface area contributed by atoms with Gasteiger partial charge in [-0.2, -0.15) is 0 Å². The summed E-state index contributed by atoms with van der Waals surface area (Å²) in [5.74, 6) is 0.693. The second kappa shape index (κ2) is 6.61. The molecule has 1 atom stereocenters. The van der Waals surface area contributed by atoms with Crippen LogP contribution in [-0.4, -0.2) is 12.5 Å². The fourth-order valence-corrected chi connectivity index (χ4v) is 3.70. The molecule has 114 valence electrons. The molecule has 3 nitrogen and oxygen atoms in total. The zero-order valence-corrected chi connectivity index (χ0v) is 12.6. The lowest BCUT2D eigenvalue weighted by molar-refractivity contribution is -0.156. The first-order chi connectivity index (χ1) is 10.3. The summed E-state index contributed by atoms with van der Waals surface area (Å²) >= 11 is 0. The SMILES string of the molecule is NCC1CCC(C(=O)OC2CCCc3ccccc32)CC1. The minimum Gasteiger partial charge on any atom is -0.457 e. The Morgan fingerprint density at radius 1 is 1.14 bits per heavy atom. The Hall–Kier alpha value is -1.35. The average Bonchev–Trinajstić information content (AvgIpc) is 2.55. The molecule has 3 rings (SSSR count). The van der Waals surface area contributed by atoms with Gasteiger partial charge in [-0.15, -0.1) is 0 Å². The molecule has 0 saturated heterocycles. The molecular formula is C18H25NO2. The topological polar surface area (TPSA) is 52.3 Å². The number of benzene rings is 1. The van der Waals surface area contributed by atoms with Crippen molar-refractivity contribution in [3.63, 3.8) is 0 Å². The first kappa shape index (κ1) is 14.6. The van der Waals surface area contributed by atoms with Gasteiger partial charge in [-0.25, -0.2) is 0 Å². The first-order valence-electron chi connectivity index (χ1n) is 8.26. The fourth-order valence-electron chi connectivity index (χ4n) is 3.70. The number of aryl methyl sites for hydroxylation is 1. The first-order valence-corrected chi connectivity index (χ1v) is 8.26. The highest BCUT2D eigenvalue weighted by Crippen LogP contribution is 2.35. The molecule has 0 aromatic heterocycles. The van der Waals surface area contributed by atoms with E-state index in [1.165, 1.54) is 11.1 Å². The molecule has 0 radical (unpaired) electrons. The van der Waals surface area contributed by atoms with Gasteiger partial charge in [-0.05, 0) is 68.5 Å². The molecule has 1 fully saturated rings. The van der Waals surface area contributed by atoms with Crippen LogP contribution in [0.2, 0.25) is 0 Å². The lowest BCUT2D eigenvalue weighted by Crippen LogP contribution is -2.28. The summed E-state index contributed by atoms with van der Waals surface area (Å²) in [5.41, 5.74) is 8.27. The van der Waals surface area contributed by atoms with Crippen molar-refractivity contribution in [2.24, 2.45) is 17.6 Å². The zero-order chi connectivity index (χ0) is 14.7. The summed E-state index contributed by atoms with van der Waals surface area (Å²) in [6, 6.07) is 8.37. The Morgan fingerprint density at radius 2 is 1.90 bits per heavy atom. The lowest BCUT2D eigenvalue weighted by atomic mass is 9.82. The number of nitrogens with two attached hydrogens (primary N) is 1. The van der Waals surface area contributed by atoms with Crippen LogP contribution in [0.25, 0.3) is 0 Å². The zero-order valence-electron chi connectivity index (χ0n) is 12.6. The van der Waals surface area contributed by atoms with Crippen molar-refractivity contribution < 1.29 is 9.53 Å². The van der Waals surface area contributed by atoms with Gasteiger partial charge < -0.3 is 10.5 Å². The maximum absolute atomic E-state index is 12.4. The van der Waals surface area contributed by atoms with Gasteiger partial charge in [0.2, 0.25) is 0 Å². The van der Waals surface area contributed by atoms with E-state index in [-0.39, 0.29) is 18.0 Å². The summed E-state index contributed by atoms with van der Waals surface area (Å²) in [7, 11) is 0. The molecule has 1 saturated carbocycles. The minimum atomic E-state index is -0.0327. The van der Waals surface area contributed by atoms with E-state index >= 15 is 0 Å². The predicted molar refractivity (Wildman–Crippen MR) is 82.7 cm³/mol. The van der Waals surface area contributed by atoms with Gasteiger partial charge in [-0.1, -0.05) is 24.3 Å². The number of carbonyl (C=O) groups excluding carboxylic acids is 1. The maximum atomic E-state index is 12.4. The highest BCUT2D eigenvalue weighted by Gasteiger charge is 2.30. The van der Waals surface area contributed by atoms with Crippen LogP contribution in [-0.2, 0) is 16.0 Å². The smallest absolute Gasteiger partial charge is 0.309 e.